The number of benzene rings is 3. The molecule has 3 rings (SSSR count). The van der Waals surface area contributed by atoms with Gasteiger partial charge in [0, 0.05) is 5.69 Å². The highest BCUT2D eigenvalue weighted by atomic mass is 35.5. The molecule has 8 heteroatoms. The maximum absolute atomic E-state index is 13.6. The second kappa shape index (κ2) is 9.16. The fourth-order valence-corrected chi connectivity index (χ4v) is 2.63. The summed E-state index contributed by atoms with van der Waals surface area (Å²) in [6, 6.07) is 15.8. The SMILES string of the molecule is O=C(COc1ccccc1C(=O)Nc1ccc(F)c(Cl)c1)Nc1ccccc1F. The molecule has 0 aromatic heterocycles. The molecule has 0 aliphatic heterocycles. The number of para-hydroxylation sites is 2. The van der Waals surface area contributed by atoms with E-state index in [2.05, 4.69) is 10.6 Å². The highest BCUT2D eigenvalue weighted by Gasteiger charge is 2.15. The summed E-state index contributed by atoms with van der Waals surface area (Å²) < 4.78 is 32.3. The first-order valence-electron chi connectivity index (χ1n) is 8.46. The summed E-state index contributed by atoms with van der Waals surface area (Å²) in [7, 11) is 0. The van der Waals surface area contributed by atoms with Crippen LogP contribution in [0.4, 0.5) is 20.2 Å². The van der Waals surface area contributed by atoms with Gasteiger partial charge in [-0.3, -0.25) is 9.59 Å². The first-order valence-corrected chi connectivity index (χ1v) is 8.84. The van der Waals surface area contributed by atoms with Gasteiger partial charge in [-0.05, 0) is 42.5 Å². The zero-order valence-electron chi connectivity index (χ0n) is 14.9. The van der Waals surface area contributed by atoms with Crippen LogP contribution >= 0.6 is 11.6 Å². The van der Waals surface area contributed by atoms with Crippen LogP contribution in [0.15, 0.2) is 66.7 Å². The van der Waals surface area contributed by atoms with Crippen molar-refractivity contribution in [2.75, 3.05) is 17.2 Å². The highest BCUT2D eigenvalue weighted by molar-refractivity contribution is 6.31. The molecule has 0 aliphatic carbocycles. The normalized spacial score (nSPS) is 10.3. The van der Waals surface area contributed by atoms with Crippen LogP contribution in [0.5, 0.6) is 5.75 Å². The lowest BCUT2D eigenvalue weighted by Gasteiger charge is -2.12. The van der Waals surface area contributed by atoms with E-state index in [4.69, 9.17) is 16.3 Å². The topological polar surface area (TPSA) is 67.4 Å². The van der Waals surface area contributed by atoms with E-state index in [1.54, 1.807) is 18.2 Å². The van der Waals surface area contributed by atoms with Crippen molar-refractivity contribution in [1.82, 2.24) is 0 Å². The minimum Gasteiger partial charge on any atom is -0.483 e. The number of anilines is 2. The van der Waals surface area contributed by atoms with Crippen molar-refractivity contribution < 1.29 is 23.1 Å². The molecular formula is C21H15ClF2N2O3. The van der Waals surface area contributed by atoms with E-state index in [0.29, 0.717) is 5.69 Å². The van der Waals surface area contributed by atoms with E-state index < -0.39 is 30.1 Å². The van der Waals surface area contributed by atoms with Gasteiger partial charge in [0.05, 0.1) is 16.3 Å². The first kappa shape index (κ1) is 20.3. The molecule has 0 saturated heterocycles. The van der Waals surface area contributed by atoms with Crippen molar-refractivity contribution in [2.45, 2.75) is 0 Å². The summed E-state index contributed by atoms with van der Waals surface area (Å²) in [6.07, 6.45) is 0. The van der Waals surface area contributed by atoms with Crippen LogP contribution in [-0.4, -0.2) is 18.4 Å². The minimum atomic E-state index is -0.603. The number of carbonyl (C=O) groups is 2. The fourth-order valence-electron chi connectivity index (χ4n) is 2.44. The maximum atomic E-state index is 13.6. The van der Waals surface area contributed by atoms with Gasteiger partial charge in [0.1, 0.15) is 17.4 Å². The molecule has 2 N–H and O–H groups in total. The average molecular weight is 417 g/mol. The molecule has 0 atom stereocenters. The van der Waals surface area contributed by atoms with Gasteiger partial charge in [0.15, 0.2) is 6.61 Å². The minimum absolute atomic E-state index is 0.0281. The number of hydrogen-bond donors (Lipinski definition) is 2. The van der Waals surface area contributed by atoms with Crippen molar-refractivity contribution in [3.8, 4) is 5.75 Å². The molecule has 0 saturated carbocycles. The fraction of sp³-hybridized carbons (Fsp3) is 0.0476. The predicted molar refractivity (Wildman–Crippen MR) is 106 cm³/mol. The molecule has 0 bridgehead atoms. The van der Waals surface area contributed by atoms with Crippen LogP contribution in [0.25, 0.3) is 0 Å². The number of carbonyl (C=O) groups excluding carboxylic acids is 2. The number of amides is 2. The van der Waals surface area contributed by atoms with Crippen LogP contribution in [0.2, 0.25) is 5.02 Å². The Kier molecular flexibility index (Phi) is 6.41. The lowest BCUT2D eigenvalue weighted by molar-refractivity contribution is -0.118. The number of halogens is 3. The summed E-state index contributed by atoms with van der Waals surface area (Å²) in [5, 5.41) is 4.84. The monoisotopic (exact) mass is 416 g/mol. The molecule has 29 heavy (non-hydrogen) atoms. The molecule has 0 spiro atoms. The second-order valence-corrected chi connectivity index (χ2v) is 6.30. The van der Waals surface area contributed by atoms with Gasteiger partial charge >= 0.3 is 0 Å². The van der Waals surface area contributed by atoms with E-state index in [-0.39, 0.29) is 22.0 Å². The Hall–Kier alpha value is -3.45. The molecular weight excluding hydrogens is 402 g/mol. The predicted octanol–water partition coefficient (Wildman–Crippen LogP) is 4.89. The molecule has 5 nitrogen and oxygen atoms in total. The summed E-state index contributed by atoms with van der Waals surface area (Å²) >= 11 is 5.71. The molecule has 2 amide bonds. The van der Waals surface area contributed by atoms with Crippen LogP contribution in [-0.2, 0) is 4.79 Å². The molecule has 0 fully saturated rings. The van der Waals surface area contributed by atoms with Gasteiger partial charge in [0.2, 0.25) is 0 Å². The van der Waals surface area contributed by atoms with E-state index in [1.165, 1.54) is 42.5 Å². The van der Waals surface area contributed by atoms with E-state index in [9.17, 15) is 18.4 Å². The summed E-state index contributed by atoms with van der Waals surface area (Å²) in [6.45, 7) is -0.430. The van der Waals surface area contributed by atoms with Crippen molar-refractivity contribution in [3.05, 3.63) is 89.0 Å². The quantitative estimate of drug-likeness (QED) is 0.601. The number of ether oxygens (including phenoxy) is 1. The molecule has 3 aromatic carbocycles. The lowest BCUT2D eigenvalue weighted by Crippen LogP contribution is -2.22. The van der Waals surface area contributed by atoms with E-state index >= 15 is 0 Å². The van der Waals surface area contributed by atoms with Crippen LogP contribution < -0.4 is 15.4 Å². The maximum Gasteiger partial charge on any atom is 0.262 e. The summed E-state index contributed by atoms with van der Waals surface area (Å²) in [4.78, 5) is 24.6. The number of hydrogen-bond acceptors (Lipinski definition) is 3. The second-order valence-electron chi connectivity index (χ2n) is 5.90. The van der Waals surface area contributed by atoms with Crippen LogP contribution in [0.3, 0.4) is 0 Å². The molecule has 0 radical (unpaired) electrons. The van der Waals surface area contributed by atoms with Crippen molar-refractivity contribution in [2.24, 2.45) is 0 Å². The highest BCUT2D eigenvalue weighted by Crippen LogP contribution is 2.23. The Morgan fingerprint density at radius 3 is 2.38 bits per heavy atom. The zero-order chi connectivity index (χ0) is 20.8. The van der Waals surface area contributed by atoms with Gasteiger partial charge in [-0.25, -0.2) is 8.78 Å². The summed E-state index contributed by atoms with van der Waals surface area (Å²) in [5.41, 5.74) is 0.487. The third-order valence-electron chi connectivity index (χ3n) is 3.82. The molecule has 0 heterocycles. The van der Waals surface area contributed by atoms with Crippen molar-refractivity contribution in [1.29, 1.82) is 0 Å². The van der Waals surface area contributed by atoms with Gasteiger partial charge in [-0.2, -0.15) is 0 Å². The van der Waals surface area contributed by atoms with E-state index in [0.717, 1.165) is 6.07 Å². The molecule has 0 unspecified atom stereocenters. The smallest absolute Gasteiger partial charge is 0.262 e. The Morgan fingerprint density at radius 2 is 1.62 bits per heavy atom. The molecule has 0 aliphatic rings. The van der Waals surface area contributed by atoms with E-state index in [1.807, 2.05) is 0 Å². The third-order valence-corrected chi connectivity index (χ3v) is 4.11. The van der Waals surface area contributed by atoms with Gasteiger partial charge in [-0.15, -0.1) is 0 Å². The Morgan fingerprint density at radius 1 is 0.897 bits per heavy atom. The van der Waals surface area contributed by atoms with Crippen molar-refractivity contribution >= 4 is 34.8 Å². The average Bonchev–Trinajstić information content (AvgIpc) is 2.71. The summed E-state index contributed by atoms with van der Waals surface area (Å²) in [5.74, 6) is -2.14. The third kappa shape index (κ3) is 5.30. The van der Waals surface area contributed by atoms with Gasteiger partial charge in [-0.1, -0.05) is 35.9 Å². The Labute approximate surface area is 170 Å². The lowest BCUT2D eigenvalue weighted by atomic mass is 10.2. The number of nitrogens with one attached hydrogen (secondary N) is 2. The van der Waals surface area contributed by atoms with Gasteiger partial charge in [0.25, 0.3) is 11.8 Å². The van der Waals surface area contributed by atoms with Crippen molar-refractivity contribution in [3.63, 3.8) is 0 Å². The Bertz CT molecular complexity index is 1060. The Balaban J connectivity index is 1.66. The van der Waals surface area contributed by atoms with Crippen LogP contribution in [0, 0.1) is 11.6 Å². The standard InChI is InChI=1S/C21H15ClF2N2O3/c22-15-11-13(9-10-16(15)23)25-21(28)14-5-1-4-8-19(14)29-12-20(27)26-18-7-3-2-6-17(18)24/h1-11H,12H2,(H,25,28)(H,26,27). The zero-order valence-corrected chi connectivity index (χ0v) is 15.7. The molecule has 148 valence electrons. The first-order chi connectivity index (χ1) is 13.9. The molecule has 3 aromatic rings. The van der Waals surface area contributed by atoms with Crippen LogP contribution in [0.1, 0.15) is 10.4 Å². The number of rotatable bonds is 6. The largest absolute Gasteiger partial charge is 0.483 e. The van der Waals surface area contributed by atoms with Gasteiger partial charge < -0.3 is 15.4 Å².